The number of amides is 1. The number of para-hydroxylation sites is 1. The molecule has 0 spiro atoms. The molecule has 0 fully saturated rings. The minimum absolute atomic E-state index is 0.0287. The first-order chi connectivity index (χ1) is 16.7. The summed E-state index contributed by atoms with van der Waals surface area (Å²) in [4.78, 5) is 25.7. The number of ether oxygens (including phenoxy) is 3. The topological polar surface area (TPSA) is 73.9 Å². The molecule has 2 aromatic carbocycles. The van der Waals surface area contributed by atoms with E-state index in [0.29, 0.717) is 17.9 Å². The van der Waals surface area contributed by atoms with Gasteiger partial charge >= 0.3 is 5.97 Å². The van der Waals surface area contributed by atoms with Crippen molar-refractivity contribution < 1.29 is 23.8 Å². The van der Waals surface area contributed by atoms with Gasteiger partial charge in [-0.1, -0.05) is 67.5 Å². The predicted octanol–water partition coefficient (Wildman–Crippen LogP) is 5.25. The Bertz CT molecular complexity index is 897. The Hall–Kier alpha value is -3.38. The van der Waals surface area contributed by atoms with Gasteiger partial charge in [0.1, 0.15) is 12.4 Å². The molecule has 2 aromatic rings. The van der Waals surface area contributed by atoms with Crippen LogP contribution in [-0.2, 0) is 20.9 Å². The first kappa shape index (κ1) is 26.9. The van der Waals surface area contributed by atoms with E-state index >= 15 is 0 Å². The summed E-state index contributed by atoms with van der Waals surface area (Å²) in [5.41, 5.74) is 1.22. The van der Waals surface area contributed by atoms with Gasteiger partial charge in [-0.05, 0) is 37.0 Å². The lowest BCUT2D eigenvalue weighted by atomic mass is 10.1. The molecule has 0 saturated heterocycles. The van der Waals surface area contributed by atoms with Crippen LogP contribution in [0.5, 0.6) is 5.75 Å². The quantitative estimate of drug-likeness (QED) is 0.196. The normalized spacial score (nSPS) is 11.3. The summed E-state index contributed by atoms with van der Waals surface area (Å²) in [6.45, 7) is 8.19. The monoisotopic (exact) mass is 465 g/mol. The zero-order valence-corrected chi connectivity index (χ0v) is 19.7. The lowest BCUT2D eigenvalue weighted by Crippen LogP contribution is -2.45. The number of carbonyl (C=O) groups excluding carboxylic acids is 2. The van der Waals surface area contributed by atoms with Crippen molar-refractivity contribution in [1.29, 1.82) is 0 Å². The lowest BCUT2D eigenvalue weighted by molar-refractivity contribution is -0.148. The third kappa shape index (κ3) is 10.0. The lowest BCUT2D eigenvalue weighted by Gasteiger charge is -2.19. The Morgan fingerprint density at radius 1 is 0.912 bits per heavy atom. The highest BCUT2D eigenvalue weighted by molar-refractivity contribution is 5.99. The number of carbonyl (C=O) groups is 2. The summed E-state index contributed by atoms with van der Waals surface area (Å²) < 4.78 is 16.7. The Labute approximate surface area is 202 Å². The Morgan fingerprint density at radius 2 is 1.65 bits per heavy atom. The Kier molecular flexibility index (Phi) is 12.9. The van der Waals surface area contributed by atoms with Crippen LogP contribution < -0.4 is 10.1 Å². The van der Waals surface area contributed by atoms with Gasteiger partial charge in [0.2, 0.25) is 0 Å². The zero-order valence-electron chi connectivity index (χ0n) is 19.7. The second kappa shape index (κ2) is 16.3. The van der Waals surface area contributed by atoms with Crippen molar-refractivity contribution in [3.63, 3.8) is 0 Å². The summed E-state index contributed by atoms with van der Waals surface area (Å²) in [5.74, 6) is -0.515. The highest BCUT2D eigenvalue weighted by Crippen LogP contribution is 2.19. The molecule has 34 heavy (non-hydrogen) atoms. The van der Waals surface area contributed by atoms with E-state index in [1.54, 1.807) is 24.3 Å². The molecule has 182 valence electrons. The molecule has 0 heterocycles. The Morgan fingerprint density at radius 3 is 2.41 bits per heavy atom. The van der Waals surface area contributed by atoms with E-state index in [0.717, 1.165) is 37.7 Å². The third-order valence-corrected chi connectivity index (χ3v) is 5.03. The van der Waals surface area contributed by atoms with Crippen molar-refractivity contribution >= 4 is 11.9 Å². The molecule has 6 heteroatoms. The summed E-state index contributed by atoms with van der Waals surface area (Å²) in [6, 6.07) is 15.4. The highest BCUT2D eigenvalue weighted by atomic mass is 16.5. The fourth-order valence-corrected chi connectivity index (χ4v) is 3.21. The number of hydrogen-bond acceptors (Lipinski definition) is 5. The minimum atomic E-state index is -0.964. The van der Waals surface area contributed by atoms with Crippen LogP contribution in [-0.4, -0.2) is 37.7 Å². The summed E-state index contributed by atoms with van der Waals surface area (Å²) >= 11 is 0. The van der Waals surface area contributed by atoms with Gasteiger partial charge in [-0.2, -0.15) is 0 Å². The van der Waals surface area contributed by atoms with E-state index in [4.69, 9.17) is 14.2 Å². The van der Waals surface area contributed by atoms with Gasteiger partial charge < -0.3 is 19.5 Å². The van der Waals surface area contributed by atoms with Crippen LogP contribution in [0.4, 0.5) is 0 Å². The Balaban J connectivity index is 1.95. The number of hydrogen-bond donors (Lipinski definition) is 1. The zero-order chi connectivity index (χ0) is 24.4. The smallest absolute Gasteiger partial charge is 0.331 e. The average molecular weight is 466 g/mol. The molecule has 0 unspecified atom stereocenters. The predicted molar refractivity (Wildman–Crippen MR) is 134 cm³/mol. The maximum absolute atomic E-state index is 13.0. The third-order valence-electron chi connectivity index (χ3n) is 5.03. The van der Waals surface area contributed by atoms with Crippen molar-refractivity contribution in [3.8, 4) is 5.75 Å². The fraction of sp³-hybridized carbons (Fsp3) is 0.357. The van der Waals surface area contributed by atoms with Crippen LogP contribution in [0.25, 0.3) is 0 Å². The van der Waals surface area contributed by atoms with E-state index in [1.807, 2.05) is 42.5 Å². The molecular weight excluding hydrogens is 430 g/mol. The van der Waals surface area contributed by atoms with Crippen LogP contribution in [0.15, 0.2) is 79.9 Å². The van der Waals surface area contributed by atoms with Crippen LogP contribution in [0.2, 0.25) is 0 Å². The maximum atomic E-state index is 13.0. The first-order valence-electron chi connectivity index (χ1n) is 11.7. The number of benzene rings is 2. The van der Waals surface area contributed by atoms with Crippen molar-refractivity contribution in [1.82, 2.24) is 5.32 Å². The highest BCUT2D eigenvalue weighted by Gasteiger charge is 2.24. The molecule has 0 aliphatic rings. The molecule has 6 nitrogen and oxygen atoms in total. The number of esters is 1. The molecule has 0 aliphatic carbocycles. The second-order valence-electron chi connectivity index (χ2n) is 7.78. The van der Waals surface area contributed by atoms with Gasteiger partial charge in [-0.3, -0.25) is 4.79 Å². The van der Waals surface area contributed by atoms with Crippen LogP contribution in [0.1, 0.15) is 48.0 Å². The van der Waals surface area contributed by atoms with Crippen molar-refractivity contribution in [2.45, 2.75) is 44.8 Å². The molecule has 0 bridgehead atoms. The maximum Gasteiger partial charge on any atom is 0.331 e. The molecule has 0 radical (unpaired) electrons. The van der Waals surface area contributed by atoms with E-state index in [-0.39, 0.29) is 19.8 Å². The van der Waals surface area contributed by atoms with E-state index in [9.17, 15) is 9.59 Å². The molecule has 1 amide bonds. The molecular formula is C28H35NO5. The number of rotatable bonds is 17. The van der Waals surface area contributed by atoms with Crippen molar-refractivity contribution in [2.24, 2.45) is 0 Å². The molecule has 1 atom stereocenters. The van der Waals surface area contributed by atoms with Gasteiger partial charge in [0.05, 0.1) is 25.4 Å². The fourth-order valence-electron chi connectivity index (χ4n) is 3.21. The summed E-state index contributed by atoms with van der Waals surface area (Å²) in [6.07, 6.45) is 8.73. The van der Waals surface area contributed by atoms with Gasteiger partial charge in [-0.15, -0.1) is 13.2 Å². The minimum Gasteiger partial charge on any atom is -0.493 e. The van der Waals surface area contributed by atoms with Gasteiger partial charge in [0.25, 0.3) is 5.91 Å². The van der Waals surface area contributed by atoms with Crippen LogP contribution in [0, 0.1) is 0 Å². The standard InChI is InChI=1S/C28H35NO5/c1-3-5-6-7-8-14-20-33-26-18-13-12-17-24(26)27(30)29-25(22-32-19-4-2)28(31)34-21-23-15-10-9-11-16-23/h3-4,9-13,15-18,25H,1-2,5-8,14,19-22H2,(H,29,30)/t25-/m0/s1. The van der Waals surface area contributed by atoms with Gasteiger partial charge in [0, 0.05) is 0 Å². The molecule has 2 rings (SSSR count). The van der Waals surface area contributed by atoms with Crippen LogP contribution in [0.3, 0.4) is 0 Å². The van der Waals surface area contributed by atoms with Crippen molar-refractivity contribution in [2.75, 3.05) is 19.8 Å². The second-order valence-corrected chi connectivity index (χ2v) is 7.78. The molecule has 0 saturated carbocycles. The van der Waals surface area contributed by atoms with Crippen LogP contribution >= 0.6 is 0 Å². The number of nitrogens with one attached hydrogen (secondary N) is 1. The SMILES string of the molecule is C=CCCCCCCOc1ccccc1C(=O)N[C@@H](COCC=C)C(=O)OCc1ccccc1. The molecule has 0 aliphatic heterocycles. The van der Waals surface area contributed by atoms with Gasteiger partial charge in [-0.25, -0.2) is 4.79 Å². The van der Waals surface area contributed by atoms with E-state index in [1.165, 1.54) is 0 Å². The van der Waals surface area contributed by atoms with Crippen molar-refractivity contribution in [3.05, 3.63) is 91.0 Å². The molecule has 1 N–H and O–H groups in total. The van der Waals surface area contributed by atoms with E-state index in [2.05, 4.69) is 18.5 Å². The molecule has 0 aromatic heterocycles. The first-order valence-corrected chi connectivity index (χ1v) is 11.7. The summed E-state index contributed by atoms with van der Waals surface area (Å²) in [5, 5.41) is 2.73. The average Bonchev–Trinajstić information content (AvgIpc) is 2.87. The number of unbranched alkanes of at least 4 members (excludes halogenated alkanes) is 4. The van der Waals surface area contributed by atoms with E-state index < -0.39 is 17.9 Å². The number of allylic oxidation sites excluding steroid dienone is 1. The van der Waals surface area contributed by atoms with Gasteiger partial charge in [0.15, 0.2) is 6.04 Å². The largest absolute Gasteiger partial charge is 0.493 e. The summed E-state index contributed by atoms with van der Waals surface area (Å²) in [7, 11) is 0.